The Bertz CT molecular complexity index is 914. The van der Waals surface area contributed by atoms with Crippen LogP contribution in [0.4, 0.5) is 10.1 Å². The normalized spacial score (nSPS) is 11.6. The number of halogens is 1. The van der Waals surface area contributed by atoms with Crippen molar-refractivity contribution >= 4 is 38.4 Å². The van der Waals surface area contributed by atoms with Crippen molar-refractivity contribution in [1.29, 1.82) is 0 Å². The van der Waals surface area contributed by atoms with E-state index in [2.05, 4.69) is 5.32 Å². The van der Waals surface area contributed by atoms with E-state index in [1.807, 2.05) is 12.1 Å². The van der Waals surface area contributed by atoms with Crippen LogP contribution in [-0.2, 0) is 16.6 Å². The molecule has 0 amide bonds. The smallest absolute Gasteiger partial charge is 0.247 e. The first-order valence-electron chi connectivity index (χ1n) is 6.62. The first kappa shape index (κ1) is 16.1. The topological polar surface area (TPSA) is 72.2 Å². The van der Waals surface area contributed by atoms with Gasteiger partial charge in [0.05, 0.1) is 0 Å². The molecule has 0 spiro atoms. The molecule has 0 aliphatic carbocycles. The predicted octanol–water partition coefficient (Wildman–Crippen LogP) is 3.88. The van der Waals surface area contributed by atoms with Crippen molar-refractivity contribution in [2.45, 2.75) is 10.8 Å². The van der Waals surface area contributed by atoms with Crippen LogP contribution in [0.3, 0.4) is 0 Å². The molecule has 0 bridgehead atoms. The van der Waals surface area contributed by atoms with Gasteiger partial charge in [0.15, 0.2) is 0 Å². The molecule has 0 atom stereocenters. The van der Waals surface area contributed by atoms with Gasteiger partial charge in [-0.3, -0.25) is 0 Å². The van der Waals surface area contributed by atoms with Crippen LogP contribution in [0.2, 0.25) is 0 Å². The van der Waals surface area contributed by atoms with Crippen molar-refractivity contribution in [2.24, 2.45) is 5.14 Å². The number of rotatable bonds is 5. The van der Waals surface area contributed by atoms with E-state index >= 15 is 0 Å². The van der Waals surface area contributed by atoms with Gasteiger partial charge in [0, 0.05) is 27.4 Å². The minimum Gasteiger partial charge on any atom is -0.379 e. The van der Waals surface area contributed by atoms with Gasteiger partial charge in [-0.2, -0.15) is 0 Å². The van der Waals surface area contributed by atoms with Crippen LogP contribution in [0.25, 0.3) is 10.4 Å². The molecule has 8 heteroatoms. The summed E-state index contributed by atoms with van der Waals surface area (Å²) in [7, 11) is -3.65. The fourth-order valence-corrected chi connectivity index (χ4v) is 4.50. The maximum Gasteiger partial charge on any atom is 0.247 e. The van der Waals surface area contributed by atoms with E-state index in [9.17, 15) is 12.8 Å². The largest absolute Gasteiger partial charge is 0.379 e. The molecule has 120 valence electrons. The summed E-state index contributed by atoms with van der Waals surface area (Å²) in [5.74, 6) is -0.254. The standard InChI is InChI=1S/C15H13FN2O2S3/c16-11-3-1-10(2-4-11)14-6-5-13(22-14)8-18-12-7-15(21-9-12)23(17,19)20/h1-7,9,18H,8H2,(H2,17,19,20). The van der Waals surface area contributed by atoms with Crippen molar-refractivity contribution < 1.29 is 12.8 Å². The lowest BCUT2D eigenvalue weighted by molar-refractivity contribution is 0.600. The molecule has 0 saturated carbocycles. The third kappa shape index (κ3) is 3.97. The second-order valence-electron chi connectivity index (χ2n) is 4.83. The van der Waals surface area contributed by atoms with Crippen LogP contribution in [0, 0.1) is 5.82 Å². The fourth-order valence-electron chi connectivity index (χ4n) is 1.99. The SMILES string of the molecule is NS(=O)(=O)c1cc(NCc2ccc(-c3ccc(F)cc3)s2)cs1. The van der Waals surface area contributed by atoms with Crippen LogP contribution in [0.1, 0.15) is 4.88 Å². The molecular weight excluding hydrogens is 355 g/mol. The average molecular weight is 368 g/mol. The van der Waals surface area contributed by atoms with Crippen molar-refractivity contribution in [2.75, 3.05) is 5.32 Å². The summed E-state index contributed by atoms with van der Waals surface area (Å²) in [5, 5.41) is 9.97. The first-order valence-corrected chi connectivity index (χ1v) is 9.86. The molecule has 2 heterocycles. The molecule has 3 aromatic rings. The summed E-state index contributed by atoms with van der Waals surface area (Å²) in [6.45, 7) is 0.576. The van der Waals surface area contributed by atoms with E-state index in [1.54, 1.807) is 28.8 Å². The summed E-state index contributed by atoms with van der Waals surface area (Å²) in [4.78, 5) is 2.14. The third-order valence-electron chi connectivity index (χ3n) is 3.11. The van der Waals surface area contributed by atoms with Crippen LogP contribution in [-0.4, -0.2) is 8.42 Å². The zero-order valence-electron chi connectivity index (χ0n) is 11.8. The van der Waals surface area contributed by atoms with E-state index in [0.717, 1.165) is 32.3 Å². The number of hydrogen-bond acceptors (Lipinski definition) is 5. The Morgan fingerprint density at radius 2 is 1.87 bits per heavy atom. The van der Waals surface area contributed by atoms with Gasteiger partial charge in [-0.15, -0.1) is 22.7 Å². The molecule has 3 N–H and O–H groups in total. The Morgan fingerprint density at radius 1 is 1.13 bits per heavy atom. The Hall–Kier alpha value is -1.74. The van der Waals surface area contributed by atoms with Crippen LogP contribution in [0.15, 0.2) is 52.1 Å². The lowest BCUT2D eigenvalue weighted by Gasteiger charge is -2.01. The number of primary sulfonamides is 1. The summed E-state index contributed by atoms with van der Waals surface area (Å²) in [6.07, 6.45) is 0. The zero-order valence-corrected chi connectivity index (χ0v) is 14.3. The minimum atomic E-state index is -3.65. The number of hydrogen-bond donors (Lipinski definition) is 2. The Kier molecular flexibility index (Phi) is 4.49. The van der Waals surface area contributed by atoms with Crippen LogP contribution in [0.5, 0.6) is 0 Å². The fraction of sp³-hybridized carbons (Fsp3) is 0.0667. The Labute approximate surface area is 141 Å². The minimum absolute atomic E-state index is 0.137. The van der Waals surface area contributed by atoms with Gasteiger partial charge in [0.25, 0.3) is 0 Å². The molecular formula is C15H13FN2O2S3. The predicted molar refractivity (Wildman–Crippen MR) is 92.7 cm³/mol. The van der Waals surface area contributed by atoms with Crippen molar-refractivity contribution in [3.63, 3.8) is 0 Å². The van der Waals surface area contributed by atoms with E-state index < -0.39 is 10.0 Å². The van der Waals surface area contributed by atoms with Gasteiger partial charge in [0.2, 0.25) is 10.0 Å². The summed E-state index contributed by atoms with van der Waals surface area (Å²) >= 11 is 2.69. The number of sulfonamides is 1. The highest BCUT2D eigenvalue weighted by atomic mass is 32.2. The number of nitrogens with two attached hydrogens (primary N) is 1. The molecule has 1 aromatic carbocycles. The van der Waals surface area contributed by atoms with Gasteiger partial charge >= 0.3 is 0 Å². The average Bonchev–Trinajstić information content (AvgIpc) is 3.15. The van der Waals surface area contributed by atoms with Gasteiger partial charge < -0.3 is 5.32 Å². The number of nitrogens with one attached hydrogen (secondary N) is 1. The molecule has 0 aliphatic heterocycles. The van der Waals surface area contributed by atoms with Crippen molar-refractivity contribution in [3.8, 4) is 10.4 Å². The Morgan fingerprint density at radius 3 is 2.52 bits per heavy atom. The maximum atomic E-state index is 12.9. The molecule has 0 radical (unpaired) electrons. The molecule has 0 fully saturated rings. The molecule has 0 aliphatic rings. The lowest BCUT2D eigenvalue weighted by Crippen LogP contribution is -2.10. The highest BCUT2D eigenvalue weighted by Crippen LogP contribution is 2.29. The quantitative estimate of drug-likeness (QED) is 0.718. The monoisotopic (exact) mass is 368 g/mol. The number of benzene rings is 1. The van der Waals surface area contributed by atoms with E-state index in [4.69, 9.17) is 5.14 Å². The zero-order chi connectivity index (χ0) is 16.4. The molecule has 2 aromatic heterocycles. The summed E-state index contributed by atoms with van der Waals surface area (Å²) in [6, 6.07) is 11.9. The van der Waals surface area contributed by atoms with E-state index in [1.165, 1.54) is 18.2 Å². The third-order valence-corrected chi connectivity index (χ3v) is 6.63. The van der Waals surface area contributed by atoms with Gasteiger partial charge in [-0.05, 0) is 35.9 Å². The Balaban J connectivity index is 1.68. The summed E-state index contributed by atoms with van der Waals surface area (Å²) in [5.41, 5.74) is 1.69. The molecule has 0 unspecified atom stereocenters. The van der Waals surface area contributed by atoms with E-state index in [0.29, 0.717) is 6.54 Å². The van der Waals surface area contributed by atoms with Gasteiger partial charge in [-0.1, -0.05) is 12.1 Å². The van der Waals surface area contributed by atoms with Crippen molar-refractivity contribution in [1.82, 2.24) is 0 Å². The van der Waals surface area contributed by atoms with E-state index in [-0.39, 0.29) is 10.0 Å². The second kappa shape index (κ2) is 6.40. The summed E-state index contributed by atoms with van der Waals surface area (Å²) < 4.78 is 35.6. The number of thiophene rings is 2. The number of anilines is 1. The highest BCUT2D eigenvalue weighted by molar-refractivity contribution is 7.91. The van der Waals surface area contributed by atoms with Crippen LogP contribution < -0.4 is 10.5 Å². The molecule has 3 rings (SSSR count). The molecule has 23 heavy (non-hydrogen) atoms. The highest BCUT2D eigenvalue weighted by Gasteiger charge is 2.11. The first-order chi connectivity index (χ1) is 10.9. The second-order valence-corrected chi connectivity index (χ2v) is 8.69. The van der Waals surface area contributed by atoms with Gasteiger partial charge in [0.1, 0.15) is 10.0 Å². The van der Waals surface area contributed by atoms with Crippen LogP contribution >= 0.6 is 22.7 Å². The van der Waals surface area contributed by atoms with Crippen molar-refractivity contribution in [3.05, 3.63) is 58.5 Å². The molecule has 4 nitrogen and oxygen atoms in total. The maximum absolute atomic E-state index is 12.9. The van der Waals surface area contributed by atoms with Gasteiger partial charge in [-0.25, -0.2) is 17.9 Å². The molecule has 0 saturated heterocycles. The lowest BCUT2D eigenvalue weighted by atomic mass is 10.2.